The van der Waals surface area contributed by atoms with Crippen LogP contribution in [0.15, 0.2) is 54.6 Å². The van der Waals surface area contributed by atoms with E-state index in [2.05, 4.69) is 66.4 Å². The molecule has 1 N–H and O–H groups in total. The highest BCUT2D eigenvalue weighted by Gasteiger charge is 2.11. The maximum absolute atomic E-state index is 8.95. The van der Waals surface area contributed by atoms with Gasteiger partial charge in [0.2, 0.25) is 0 Å². The molecule has 3 aromatic carbocycles. The molecule has 0 amide bonds. The fourth-order valence-corrected chi connectivity index (χ4v) is 3.47. The number of aliphatic hydroxyl groups is 1. The number of unbranched alkanes of at least 4 members (excludes halogenated alkanes) is 2. The second kappa shape index (κ2) is 8.27. The minimum Gasteiger partial charge on any atom is -0.396 e. The summed E-state index contributed by atoms with van der Waals surface area (Å²) in [6, 6.07) is 19.7. The molecule has 0 radical (unpaired) electrons. The van der Waals surface area contributed by atoms with Gasteiger partial charge in [0, 0.05) is 13.2 Å². The van der Waals surface area contributed by atoms with Gasteiger partial charge in [-0.15, -0.1) is 0 Å². The molecule has 0 saturated heterocycles. The number of hydrogen-bond acceptors (Lipinski definition) is 2. The van der Waals surface area contributed by atoms with Crippen LogP contribution in [-0.2, 0) is 6.54 Å². The van der Waals surface area contributed by atoms with Crippen LogP contribution in [0.3, 0.4) is 0 Å². The first kappa shape index (κ1) is 16.9. The molecule has 0 fully saturated rings. The largest absolute Gasteiger partial charge is 0.396 e. The summed E-state index contributed by atoms with van der Waals surface area (Å²) in [4.78, 5) is 2.52. The summed E-state index contributed by atoms with van der Waals surface area (Å²) in [7, 11) is 0. The molecule has 0 heterocycles. The van der Waals surface area contributed by atoms with Crippen LogP contribution in [-0.4, -0.2) is 29.7 Å². The molecule has 3 aromatic rings. The Morgan fingerprint density at radius 1 is 0.833 bits per heavy atom. The summed E-state index contributed by atoms with van der Waals surface area (Å²) in [5, 5.41) is 14.3. The summed E-state index contributed by atoms with van der Waals surface area (Å²) in [6.07, 6.45) is 3.16. The summed E-state index contributed by atoms with van der Waals surface area (Å²) in [6.45, 7) is 5.67. The van der Waals surface area contributed by atoms with Gasteiger partial charge in [0.05, 0.1) is 0 Å². The first-order chi connectivity index (χ1) is 11.8. The molecule has 0 aliphatic carbocycles. The van der Waals surface area contributed by atoms with E-state index < -0.39 is 0 Å². The van der Waals surface area contributed by atoms with E-state index in [0.717, 1.165) is 38.9 Å². The number of aliphatic hydroxyl groups excluding tert-OH is 1. The van der Waals surface area contributed by atoms with Crippen LogP contribution in [0.25, 0.3) is 21.5 Å². The molecule has 0 unspecified atom stereocenters. The topological polar surface area (TPSA) is 23.5 Å². The van der Waals surface area contributed by atoms with Crippen LogP contribution in [0, 0.1) is 0 Å². The smallest absolute Gasteiger partial charge is 0.0431 e. The van der Waals surface area contributed by atoms with Crippen LogP contribution in [0.5, 0.6) is 0 Å². The third kappa shape index (κ3) is 3.77. The lowest BCUT2D eigenvalue weighted by Gasteiger charge is -2.22. The Morgan fingerprint density at radius 3 is 2.04 bits per heavy atom. The van der Waals surface area contributed by atoms with Crippen molar-refractivity contribution in [1.29, 1.82) is 0 Å². The minimum atomic E-state index is 0.306. The predicted octanol–water partition coefficient (Wildman–Crippen LogP) is 4.98. The Morgan fingerprint density at radius 2 is 1.46 bits per heavy atom. The van der Waals surface area contributed by atoms with E-state index >= 15 is 0 Å². The lowest BCUT2D eigenvalue weighted by Crippen LogP contribution is -2.24. The second-order valence-corrected chi connectivity index (χ2v) is 6.45. The van der Waals surface area contributed by atoms with Gasteiger partial charge in [-0.1, -0.05) is 55.5 Å². The maximum Gasteiger partial charge on any atom is 0.0431 e. The zero-order chi connectivity index (χ0) is 16.8. The Kier molecular flexibility index (Phi) is 5.84. The van der Waals surface area contributed by atoms with Crippen molar-refractivity contribution in [2.24, 2.45) is 0 Å². The molecule has 0 aliphatic rings. The Hall–Kier alpha value is -1.90. The van der Waals surface area contributed by atoms with Crippen molar-refractivity contribution in [3.05, 3.63) is 60.2 Å². The van der Waals surface area contributed by atoms with E-state index in [-0.39, 0.29) is 0 Å². The first-order valence-electron chi connectivity index (χ1n) is 9.06. The quantitative estimate of drug-likeness (QED) is 0.467. The summed E-state index contributed by atoms with van der Waals surface area (Å²) >= 11 is 0. The van der Waals surface area contributed by atoms with Crippen molar-refractivity contribution in [3.63, 3.8) is 0 Å². The molecule has 2 nitrogen and oxygen atoms in total. The Labute approximate surface area is 144 Å². The SMILES string of the molecule is CCN(CCCCCO)Cc1c2ccccc2cc2ccccc12. The highest BCUT2D eigenvalue weighted by atomic mass is 16.2. The van der Waals surface area contributed by atoms with E-state index in [1.54, 1.807) is 0 Å². The third-order valence-corrected chi connectivity index (χ3v) is 4.84. The molecule has 0 aromatic heterocycles. The molecule has 3 rings (SSSR count). The molecule has 0 bridgehead atoms. The average molecular weight is 321 g/mol. The molecular formula is C22H27NO. The normalized spacial score (nSPS) is 11.6. The molecule has 0 atom stereocenters. The van der Waals surface area contributed by atoms with Crippen molar-refractivity contribution in [2.75, 3.05) is 19.7 Å². The van der Waals surface area contributed by atoms with Gasteiger partial charge >= 0.3 is 0 Å². The highest BCUT2D eigenvalue weighted by molar-refractivity contribution is 6.02. The maximum atomic E-state index is 8.95. The molecule has 0 spiro atoms. The van der Waals surface area contributed by atoms with Gasteiger partial charge in [-0.25, -0.2) is 0 Å². The number of benzene rings is 3. The zero-order valence-corrected chi connectivity index (χ0v) is 14.5. The fourth-order valence-electron chi connectivity index (χ4n) is 3.47. The van der Waals surface area contributed by atoms with Crippen molar-refractivity contribution < 1.29 is 5.11 Å². The van der Waals surface area contributed by atoms with Gasteiger partial charge in [0.1, 0.15) is 0 Å². The van der Waals surface area contributed by atoms with Gasteiger partial charge in [-0.3, -0.25) is 4.90 Å². The lowest BCUT2D eigenvalue weighted by molar-refractivity contribution is 0.256. The van der Waals surface area contributed by atoms with Gasteiger partial charge in [-0.05, 0) is 65.5 Å². The van der Waals surface area contributed by atoms with Gasteiger partial charge in [0.15, 0.2) is 0 Å². The number of hydrogen-bond donors (Lipinski definition) is 1. The zero-order valence-electron chi connectivity index (χ0n) is 14.5. The fraction of sp³-hybridized carbons (Fsp3) is 0.364. The van der Waals surface area contributed by atoms with E-state index in [1.165, 1.54) is 27.1 Å². The highest BCUT2D eigenvalue weighted by Crippen LogP contribution is 2.29. The summed E-state index contributed by atoms with van der Waals surface area (Å²) in [5.74, 6) is 0. The molecule has 0 saturated carbocycles. The summed E-state index contributed by atoms with van der Waals surface area (Å²) < 4.78 is 0. The minimum absolute atomic E-state index is 0.306. The van der Waals surface area contributed by atoms with Crippen LogP contribution in [0.2, 0.25) is 0 Å². The van der Waals surface area contributed by atoms with Crippen molar-refractivity contribution >= 4 is 21.5 Å². The van der Waals surface area contributed by atoms with Crippen LogP contribution in [0.4, 0.5) is 0 Å². The van der Waals surface area contributed by atoms with E-state index in [9.17, 15) is 0 Å². The average Bonchev–Trinajstić information content (AvgIpc) is 2.63. The van der Waals surface area contributed by atoms with Crippen molar-refractivity contribution in [2.45, 2.75) is 32.7 Å². The lowest BCUT2D eigenvalue weighted by atomic mass is 9.96. The molecule has 24 heavy (non-hydrogen) atoms. The molecule has 2 heteroatoms. The van der Waals surface area contributed by atoms with Crippen LogP contribution in [0.1, 0.15) is 31.7 Å². The predicted molar refractivity (Wildman–Crippen MR) is 103 cm³/mol. The third-order valence-electron chi connectivity index (χ3n) is 4.84. The van der Waals surface area contributed by atoms with E-state index in [0.29, 0.717) is 6.61 Å². The number of rotatable bonds is 8. The van der Waals surface area contributed by atoms with Gasteiger partial charge in [-0.2, -0.15) is 0 Å². The molecular weight excluding hydrogens is 294 g/mol. The van der Waals surface area contributed by atoms with E-state index in [1.807, 2.05) is 0 Å². The van der Waals surface area contributed by atoms with Crippen molar-refractivity contribution in [3.8, 4) is 0 Å². The Bertz CT molecular complexity index is 742. The van der Waals surface area contributed by atoms with Crippen LogP contribution >= 0.6 is 0 Å². The number of nitrogens with zero attached hydrogens (tertiary/aromatic N) is 1. The van der Waals surface area contributed by atoms with Crippen LogP contribution < -0.4 is 0 Å². The summed E-state index contributed by atoms with van der Waals surface area (Å²) in [5.41, 5.74) is 1.44. The number of fused-ring (bicyclic) bond motifs is 2. The van der Waals surface area contributed by atoms with Crippen molar-refractivity contribution in [1.82, 2.24) is 4.90 Å². The van der Waals surface area contributed by atoms with Gasteiger partial charge < -0.3 is 5.11 Å². The Balaban J connectivity index is 1.93. The first-order valence-corrected chi connectivity index (χ1v) is 9.06. The standard InChI is InChI=1S/C22H27NO/c1-2-23(14-8-3-9-15-24)17-22-20-12-6-4-10-18(20)16-19-11-5-7-13-21(19)22/h4-7,10-13,16,24H,2-3,8-9,14-15,17H2,1H3. The second-order valence-electron chi connectivity index (χ2n) is 6.45. The molecule has 126 valence electrons. The molecule has 0 aliphatic heterocycles. The van der Waals surface area contributed by atoms with E-state index in [4.69, 9.17) is 5.11 Å². The monoisotopic (exact) mass is 321 g/mol. The van der Waals surface area contributed by atoms with Gasteiger partial charge in [0.25, 0.3) is 0 Å².